The molecule has 2 amide bonds. The van der Waals surface area contributed by atoms with Crippen LogP contribution in [0.1, 0.15) is 19.4 Å². The van der Waals surface area contributed by atoms with E-state index in [1.54, 1.807) is 13.8 Å². The summed E-state index contributed by atoms with van der Waals surface area (Å²) >= 11 is 1.38. The van der Waals surface area contributed by atoms with Crippen LogP contribution in [-0.4, -0.2) is 44.9 Å². The van der Waals surface area contributed by atoms with Crippen LogP contribution in [0.4, 0.5) is 0 Å². The predicted octanol–water partition coefficient (Wildman–Crippen LogP) is -0.474. The average Bonchev–Trinajstić information content (AvgIpc) is 2.74. The van der Waals surface area contributed by atoms with Crippen LogP contribution in [0.15, 0.2) is 30.3 Å². The zero-order valence-corrected chi connectivity index (χ0v) is 13.6. The standard InChI is InChI=1S/C16H18N2O4S/c1-16(2)12(15(21)22)18-13(20)11(14(18)23-16)17-10(19)8-9-6-4-3-5-7-9/h3-7,11-12,14H,8H2,1-2H3,(H,17,19)(H,21,22)/p-1/t11-,12-,14-/m1/s1. The Hall–Kier alpha value is -2.02. The topological polar surface area (TPSA) is 89.5 Å². The Bertz CT molecular complexity index is 661. The van der Waals surface area contributed by atoms with Gasteiger partial charge in [0.05, 0.1) is 18.4 Å². The van der Waals surface area contributed by atoms with Crippen LogP contribution in [-0.2, 0) is 20.8 Å². The second kappa shape index (κ2) is 5.56. The molecule has 122 valence electrons. The summed E-state index contributed by atoms with van der Waals surface area (Å²) in [4.78, 5) is 37.0. The molecule has 2 fully saturated rings. The molecule has 3 atom stereocenters. The molecule has 1 aromatic rings. The van der Waals surface area contributed by atoms with Crippen molar-refractivity contribution < 1.29 is 19.5 Å². The molecule has 2 aliphatic heterocycles. The van der Waals surface area contributed by atoms with Gasteiger partial charge in [0, 0.05) is 4.75 Å². The van der Waals surface area contributed by atoms with Crippen LogP contribution in [0.3, 0.4) is 0 Å². The highest BCUT2D eigenvalue weighted by molar-refractivity contribution is 8.01. The molecule has 2 aliphatic rings. The summed E-state index contributed by atoms with van der Waals surface area (Å²) in [5.41, 5.74) is 0.862. The van der Waals surface area contributed by atoms with Crippen molar-refractivity contribution in [2.24, 2.45) is 0 Å². The van der Waals surface area contributed by atoms with Crippen LogP contribution in [0.5, 0.6) is 0 Å². The fraction of sp³-hybridized carbons (Fsp3) is 0.438. The molecule has 2 saturated heterocycles. The van der Waals surface area contributed by atoms with Crippen LogP contribution in [0, 0.1) is 0 Å². The molecule has 0 aliphatic carbocycles. The van der Waals surface area contributed by atoms with Crippen molar-refractivity contribution in [1.29, 1.82) is 0 Å². The van der Waals surface area contributed by atoms with Crippen molar-refractivity contribution in [2.45, 2.75) is 42.5 Å². The van der Waals surface area contributed by atoms with E-state index >= 15 is 0 Å². The molecule has 7 heteroatoms. The molecular weight excluding hydrogens is 316 g/mol. The molecule has 0 radical (unpaired) electrons. The van der Waals surface area contributed by atoms with Crippen LogP contribution in [0.25, 0.3) is 0 Å². The molecule has 23 heavy (non-hydrogen) atoms. The monoisotopic (exact) mass is 333 g/mol. The summed E-state index contributed by atoms with van der Waals surface area (Å²) in [5, 5.41) is 13.7. The second-order valence-corrected chi connectivity index (χ2v) is 8.06. The Kier molecular flexibility index (Phi) is 3.83. The Morgan fingerprint density at radius 2 is 1.96 bits per heavy atom. The first-order chi connectivity index (χ1) is 10.8. The third-order valence-corrected chi connectivity index (χ3v) is 5.76. The third-order valence-electron chi connectivity index (χ3n) is 4.19. The number of carbonyl (C=O) groups is 3. The number of amides is 2. The maximum absolute atomic E-state index is 12.2. The minimum absolute atomic E-state index is 0.190. The fourth-order valence-electron chi connectivity index (χ4n) is 3.13. The van der Waals surface area contributed by atoms with Crippen molar-refractivity contribution in [3.8, 4) is 0 Å². The molecule has 0 bridgehead atoms. The molecule has 0 unspecified atom stereocenters. The summed E-state index contributed by atoms with van der Waals surface area (Å²) < 4.78 is -0.641. The van der Waals surface area contributed by atoms with Crippen molar-refractivity contribution >= 4 is 29.5 Å². The number of fused-ring (bicyclic) bond motifs is 1. The minimum atomic E-state index is -1.26. The highest BCUT2D eigenvalue weighted by Crippen LogP contribution is 2.50. The van der Waals surface area contributed by atoms with E-state index in [-0.39, 0.29) is 23.6 Å². The minimum Gasteiger partial charge on any atom is -0.548 e. The molecule has 2 heterocycles. The van der Waals surface area contributed by atoms with E-state index in [0.29, 0.717) is 0 Å². The number of carbonyl (C=O) groups excluding carboxylic acids is 3. The van der Waals surface area contributed by atoms with Gasteiger partial charge in [0.15, 0.2) is 0 Å². The largest absolute Gasteiger partial charge is 0.548 e. The summed E-state index contributed by atoms with van der Waals surface area (Å²) in [6.45, 7) is 3.54. The number of benzene rings is 1. The van der Waals surface area contributed by atoms with Gasteiger partial charge >= 0.3 is 0 Å². The number of hydrogen-bond donors (Lipinski definition) is 1. The molecule has 6 nitrogen and oxygen atoms in total. The van der Waals surface area contributed by atoms with E-state index in [0.717, 1.165) is 5.56 Å². The number of carboxylic acid groups (broad SMARTS) is 1. The highest BCUT2D eigenvalue weighted by atomic mass is 32.2. The number of rotatable bonds is 4. The predicted molar refractivity (Wildman–Crippen MR) is 83.2 cm³/mol. The molecule has 0 saturated carbocycles. The average molecular weight is 333 g/mol. The van der Waals surface area contributed by atoms with Crippen LogP contribution < -0.4 is 10.4 Å². The smallest absolute Gasteiger partial charge is 0.249 e. The first-order valence-corrected chi connectivity index (χ1v) is 8.23. The lowest BCUT2D eigenvalue weighted by atomic mass is 9.96. The highest BCUT2D eigenvalue weighted by Gasteiger charge is 2.62. The maximum atomic E-state index is 12.2. The van der Waals surface area contributed by atoms with Gasteiger partial charge in [0.2, 0.25) is 11.8 Å². The molecule has 1 N–H and O–H groups in total. The lowest BCUT2D eigenvalue weighted by Gasteiger charge is -2.45. The maximum Gasteiger partial charge on any atom is 0.249 e. The van der Waals surface area contributed by atoms with E-state index in [4.69, 9.17) is 0 Å². The Morgan fingerprint density at radius 1 is 1.30 bits per heavy atom. The van der Waals surface area contributed by atoms with Crippen molar-refractivity contribution in [3.63, 3.8) is 0 Å². The molecule has 3 rings (SSSR count). The number of β-lactam (4-membered cyclic amide) rings is 1. The lowest BCUT2D eigenvalue weighted by Crippen LogP contribution is -2.71. The van der Waals surface area contributed by atoms with Gasteiger partial charge in [-0.2, -0.15) is 0 Å². The van der Waals surface area contributed by atoms with E-state index in [1.165, 1.54) is 16.7 Å². The number of aliphatic carboxylic acids is 1. The summed E-state index contributed by atoms with van der Waals surface area (Å²) in [7, 11) is 0. The van der Waals surface area contributed by atoms with Crippen LogP contribution >= 0.6 is 11.8 Å². The van der Waals surface area contributed by atoms with E-state index < -0.39 is 22.8 Å². The van der Waals surface area contributed by atoms with E-state index in [9.17, 15) is 19.5 Å². The molecular formula is C16H17N2O4S-. The number of thioether (sulfide) groups is 1. The number of nitrogens with zero attached hydrogens (tertiary/aromatic N) is 1. The van der Waals surface area contributed by atoms with Gasteiger partial charge in [-0.3, -0.25) is 9.59 Å². The zero-order chi connectivity index (χ0) is 16.8. The first-order valence-electron chi connectivity index (χ1n) is 7.35. The fourth-order valence-corrected chi connectivity index (χ4v) is 4.75. The number of carboxylic acids is 1. The molecule has 0 spiro atoms. The summed E-state index contributed by atoms with van der Waals surface area (Å²) in [6.07, 6.45) is 0.190. The Balaban J connectivity index is 1.66. The lowest BCUT2D eigenvalue weighted by molar-refractivity contribution is -0.312. The van der Waals surface area contributed by atoms with Gasteiger partial charge in [-0.05, 0) is 19.4 Å². The van der Waals surface area contributed by atoms with Crippen molar-refractivity contribution in [2.75, 3.05) is 0 Å². The normalized spacial score (nSPS) is 28.0. The first kappa shape index (κ1) is 15.9. The third kappa shape index (κ3) is 2.69. The number of nitrogens with one attached hydrogen (secondary N) is 1. The van der Waals surface area contributed by atoms with Gasteiger partial charge in [-0.1, -0.05) is 30.3 Å². The van der Waals surface area contributed by atoms with Crippen LogP contribution in [0.2, 0.25) is 0 Å². The quantitative estimate of drug-likeness (QED) is 0.752. The Morgan fingerprint density at radius 3 is 2.57 bits per heavy atom. The van der Waals surface area contributed by atoms with E-state index in [2.05, 4.69) is 5.32 Å². The van der Waals surface area contributed by atoms with Crippen molar-refractivity contribution in [1.82, 2.24) is 10.2 Å². The molecule has 0 aromatic heterocycles. The summed E-state index contributed by atoms with van der Waals surface area (Å²) in [6, 6.07) is 7.61. The Labute approximate surface area is 138 Å². The zero-order valence-electron chi connectivity index (χ0n) is 12.8. The van der Waals surface area contributed by atoms with Gasteiger partial charge < -0.3 is 20.1 Å². The number of hydrogen-bond acceptors (Lipinski definition) is 5. The summed E-state index contributed by atoms with van der Waals surface area (Å²) in [5.74, 6) is -1.86. The van der Waals surface area contributed by atoms with Crippen molar-refractivity contribution in [3.05, 3.63) is 35.9 Å². The van der Waals surface area contributed by atoms with Gasteiger partial charge in [0.25, 0.3) is 0 Å². The SMILES string of the molecule is CC1(C)S[C@@H]2[C@H](NC(=O)Cc3ccccc3)C(=O)N2[C@@H]1C(=O)[O-]. The van der Waals surface area contributed by atoms with Gasteiger partial charge in [0.1, 0.15) is 11.4 Å². The van der Waals surface area contributed by atoms with E-state index in [1.807, 2.05) is 30.3 Å². The van der Waals surface area contributed by atoms with Gasteiger partial charge in [-0.25, -0.2) is 0 Å². The molecule has 1 aromatic carbocycles. The second-order valence-electron chi connectivity index (χ2n) is 6.29. The van der Waals surface area contributed by atoms with Gasteiger partial charge in [-0.15, -0.1) is 11.8 Å².